The number of nitro groups is 1. The van der Waals surface area contributed by atoms with Crippen molar-refractivity contribution in [2.45, 2.75) is 19.4 Å². The van der Waals surface area contributed by atoms with E-state index in [4.69, 9.17) is 5.11 Å². The molecule has 0 spiro atoms. The summed E-state index contributed by atoms with van der Waals surface area (Å²) in [6.07, 6.45) is 0. The molecular formula is C10H13FN2O3. The van der Waals surface area contributed by atoms with Crippen LogP contribution in [0.3, 0.4) is 0 Å². The maximum absolute atomic E-state index is 13.2. The van der Waals surface area contributed by atoms with Crippen molar-refractivity contribution in [3.8, 4) is 0 Å². The van der Waals surface area contributed by atoms with E-state index >= 15 is 0 Å². The highest BCUT2D eigenvalue weighted by molar-refractivity contribution is 5.63. The first kappa shape index (κ1) is 12.4. The molecule has 1 aromatic carbocycles. The molecule has 0 radical (unpaired) electrons. The number of anilines is 1. The highest BCUT2D eigenvalue weighted by Gasteiger charge is 2.24. The number of halogens is 1. The molecule has 88 valence electrons. The topological polar surface area (TPSA) is 75.4 Å². The minimum Gasteiger partial charge on any atom is -0.394 e. The highest BCUT2D eigenvalue weighted by atomic mass is 19.1. The van der Waals surface area contributed by atoms with Crippen LogP contribution in [0.25, 0.3) is 0 Å². The monoisotopic (exact) mass is 228 g/mol. The maximum atomic E-state index is 13.2. The van der Waals surface area contributed by atoms with Crippen molar-refractivity contribution >= 4 is 11.4 Å². The number of para-hydroxylation sites is 1. The van der Waals surface area contributed by atoms with Crippen molar-refractivity contribution in [3.63, 3.8) is 0 Å². The number of nitrogens with zero attached hydrogens (tertiary/aromatic N) is 1. The lowest BCUT2D eigenvalue weighted by Crippen LogP contribution is -2.35. The molecule has 0 heterocycles. The van der Waals surface area contributed by atoms with Gasteiger partial charge in [0.25, 0.3) is 0 Å². The Labute approximate surface area is 92.1 Å². The van der Waals surface area contributed by atoms with Crippen molar-refractivity contribution in [2.24, 2.45) is 0 Å². The quantitative estimate of drug-likeness (QED) is 0.609. The second-order valence-corrected chi connectivity index (χ2v) is 4.06. The minimum absolute atomic E-state index is 0.0593. The Morgan fingerprint density at radius 2 is 2.19 bits per heavy atom. The van der Waals surface area contributed by atoms with Crippen molar-refractivity contribution < 1.29 is 14.4 Å². The van der Waals surface area contributed by atoms with Gasteiger partial charge in [0.05, 0.1) is 17.1 Å². The van der Waals surface area contributed by atoms with E-state index in [9.17, 15) is 14.5 Å². The summed E-state index contributed by atoms with van der Waals surface area (Å²) in [5, 5.41) is 22.4. The number of hydrogen-bond donors (Lipinski definition) is 2. The molecule has 0 aromatic heterocycles. The van der Waals surface area contributed by atoms with E-state index in [1.165, 1.54) is 12.1 Å². The van der Waals surface area contributed by atoms with E-state index in [1.54, 1.807) is 13.8 Å². The summed E-state index contributed by atoms with van der Waals surface area (Å²) >= 11 is 0. The summed E-state index contributed by atoms with van der Waals surface area (Å²) in [5.41, 5.74) is -1.30. The van der Waals surface area contributed by atoms with Gasteiger partial charge in [0, 0.05) is 0 Å². The zero-order chi connectivity index (χ0) is 12.3. The third-order valence-electron chi connectivity index (χ3n) is 2.04. The van der Waals surface area contributed by atoms with Gasteiger partial charge >= 0.3 is 5.69 Å². The fraction of sp³-hybridized carbons (Fsp3) is 0.400. The van der Waals surface area contributed by atoms with E-state index in [0.717, 1.165) is 6.07 Å². The zero-order valence-electron chi connectivity index (χ0n) is 9.03. The molecule has 1 rings (SSSR count). The minimum atomic E-state index is -0.899. The predicted molar refractivity (Wildman–Crippen MR) is 57.8 cm³/mol. The molecule has 16 heavy (non-hydrogen) atoms. The molecule has 1 aromatic rings. The van der Waals surface area contributed by atoms with Crippen LogP contribution in [0.5, 0.6) is 0 Å². The number of aliphatic hydroxyl groups excluding tert-OH is 1. The summed E-state index contributed by atoms with van der Waals surface area (Å²) in [7, 11) is 0. The van der Waals surface area contributed by atoms with E-state index < -0.39 is 22.0 Å². The summed E-state index contributed by atoms with van der Waals surface area (Å²) < 4.78 is 13.2. The van der Waals surface area contributed by atoms with E-state index in [0.29, 0.717) is 0 Å². The molecule has 0 bridgehead atoms. The summed E-state index contributed by atoms with van der Waals surface area (Å²) in [6, 6.07) is 3.80. The molecule has 0 amide bonds. The van der Waals surface area contributed by atoms with Gasteiger partial charge < -0.3 is 10.4 Å². The molecule has 0 saturated heterocycles. The summed E-state index contributed by atoms with van der Waals surface area (Å²) in [5.74, 6) is -0.899. The first-order valence-electron chi connectivity index (χ1n) is 4.69. The number of hydrogen-bond acceptors (Lipinski definition) is 4. The number of rotatable bonds is 4. The molecule has 0 fully saturated rings. The molecular weight excluding hydrogens is 215 g/mol. The normalized spacial score (nSPS) is 11.2. The molecule has 0 unspecified atom stereocenters. The smallest absolute Gasteiger partial charge is 0.327 e. The van der Waals surface area contributed by atoms with Gasteiger partial charge in [-0.1, -0.05) is 6.07 Å². The fourth-order valence-electron chi connectivity index (χ4n) is 1.21. The first-order valence-corrected chi connectivity index (χ1v) is 4.69. The second-order valence-electron chi connectivity index (χ2n) is 4.06. The number of nitro benzene ring substituents is 1. The summed E-state index contributed by atoms with van der Waals surface area (Å²) in [6.45, 7) is 3.09. The predicted octanol–water partition coefficient (Wildman–Crippen LogP) is 1.92. The van der Waals surface area contributed by atoms with Gasteiger partial charge in [-0.25, -0.2) is 0 Å². The van der Waals surface area contributed by atoms with Crippen LogP contribution in [0, 0.1) is 15.9 Å². The van der Waals surface area contributed by atoms with Crippen LogP contribution in [0.2, 0.25) is 0 Å². The molecule has 0 saturated carbocycles. The van der Waals surface area contributed by atoms with Gasteiger partial charge in [0.1, 0.15) is 5.69 Å². The van der Waals surface area contributed by atoms with Gasteiger partial charge in [0.2, 0.25) is 5.82 Å². The Hall–Kier alpha value is -1.69. The third kappa shape index (κ3) is 2.66. The van der Waals surface area contributed by atoms with Crippen LogP contribution in [0.15, 0.2) is 18.2 Å². The molecule has 0 atom stereocenters. The number of aliphatic hydroxyl groups is 1. The van der Waals surface area contributed by atoms with E-state index in [-0.39, 0.29) is 12.3 Å². The van der Waals surface area contributed by atoms with Crippen molar-refractivity contribution in [1.29, 1.82) is 0 Å². The molecule has 0 aliphatic rings. The molecule has 2 N–H and O–H groups in total. The van der Waals surface area contributed by atoms with Gasteiger partial charge in [-0.05, 0) is 26.0 Å². The Bertz CT molecular complexity index is 407. The Morgan fingerprint density at radius 3 is 2.69 bits per heavy atom. The number of nitrogens with one attached hydrogen (secondary N) is 1. The van der Waals surface area contributed by atoms with Gasteiger partial charge in [-0.3, -0.25) is 10.1 Å². The maximum Gasteiger partial charge on any atom is 0.327 e. The van der Waals surface area contributed by atoms with Crippen LogP contribution < -0.4 is 5.32 Å². The van der Waals surface area contributed by atoms with Crippen molar-refractivity contribution in [1.82, 2.24) is 0 Å². The standard InChI is InChI=1S/C10H13FN2O3/c1-10(2,6-14)12-8-5-3-4-7(11)9(8)13(15)16/h3-5,12,14H,6H2,1-2H3. The van der Waals surface area contributed by atoms with Crippen molar-refractivity contribution in [2.75, 3.05) is 11.9 Å². The molecule has 6 heteroatoms. The zero-order valence-corrected chi connectivity index (χ0v) is 9.03. The SMILES string of the molecule is CC(C)(CO)Nc1cccc(F)c1[N+](=O)[O-]. The molecule has 0 aliphatic heterocycles. The van der Waals surface area contributed by atoms with E-state index in [1.807, 2.05) is 0 Å². The van der Waals surface area contributed by atoms with Crippen LogP contribution >= 0.6 is 0 Å². The molecule has 0 aliphatic carbocycles. The Morgan fingerprint density at radius 1 is 1.56 bits per heavy atom. The Kier molecular flexibility index (Phi) is 3.44. The van der Waals surface area contributed by atoms with Crippen molar-refractivity contribution in [3.05, 3.63) is 34.1 Å². The van der Waals surface area contributed by atoms with Crippen LogP contribution in [0.1, 0.15) is 13.8 Å². The largest absolute Gasteiger partial charge is 0.394 e. The van der Waals surface area contributed by atoms with Gasteiger partial charge in [-0.2, -0.15) is 4.39 Å². The van der Waals surface area contributed by atoms with Gasteiger partial charge in [0.15, 0.2) is 0 Å². The lowest BCUT2D eigenvalue weighted by molar-refractivity contribution is -0.386. The van der Waals surface area contributed by atoms with Crippen LogP contribution in [0.4, 0.5) is 15.8 Å². The number of benzene rings is 1. The first-order chi connectivity index (χ1) is 7.37. The Balaban J connectivity index is 3.14. The van der Waals surface area contributed by atoms with Crippen LogP contribution in [-0.4, -0.2) is 22.2 Å². The lowest BCUT2D eigenvalue weighted by atomic mass is 10.1. The average Bonchev–Trinajstić information content (AvgIpc) is 2.16. The second kappa shape index (κ2) is 4.44. The fourth-order valence-corrected chi connectivity index (χ4v) is 1.21. The average molecular weight is 228 g/mol. The third-order valence-corrected chi connectivity index (χ3v) is 2.04. The van der Waals surface area contributed by atoms with Crippen LogP contribution in [-0.2, 0) is 0 Å². The summed E-state index contributed by atoms with van der Waals surface area (Å²) in [4.78, 5) is 9.89. The molecule has 5 nitrogen and oxygen atoms in total. The van der Waals surface area contributed by atoms with Gasteiger partial charge in [-0.15, -0.1) is 0 Å². The lowest BCUT2D eigenvalue weighted by Gasteiger charge is -2.24. The highest BCUT2D eigenvalue weighted by Crippen LogP contribution is 2.29. The van der Waals surface area contributed by atoms with E-state index in [2.05, 4.69) is 5.32 Å².